The van der Waals surface area contributed by atoms with Crippen molar-refractivity contribution in [3.8, 4) is 11.8 Å². The molecule has 1 aliphatic heterocycles. The van der Waals surface area contributed by atoms with E-state index in [0.717, 1.165) is 6.54 Å². The van der Waals surface area contributed by atoms with Crippen LogP contribution in [0.4, 0.5) is 15.9 Å². The van der Waals surface area contributed by atoms with Gasteiger partial charge in [-0.1, -0.05) is 11.6 Å². The maximum atomic E-state index is 14.2. The molecule has 2 aromatic carbocycles. The Bertz CT molecular complexity index is 1070. The fourth-order valence-electron chi connectivity index (χ4n) is 3.60. The third-order valence-electron chi connectivity index (χ3n) is 5.26. The number of halogens is 3. The summed E-state index contributed by atoms with van der Waals surface area (Å²) >= 11 is 5.84. The minimum absolute atomic E-state index is 0. The summed E-state index contributed by atoms with van der Waals surface area (Å²) in [6.07, 6.45) is 2.57. The number of fused-ring (bicyclic) bond motifs is 1. The molecule has 0 atom stereocenters. The second kappa shape index (κ2) is 12.2. The lowest BCUT2D eigenvalue weighted by Crippen LogP contribution is -2.24. The van der Waals surface area contributed by atoms with E-state index in [4.69, 9.17) is 25.8 Å². The Morgan fingerprint density at radius 1 is 1.06 bits per heavy atom. The number of rotatable bonds is 10. The average Bonchev–Trinajstić information content (AvgIpc) is 3.31. The summed E-state index contributed by atoms with van der Waals surface area (Å²) in [6, 6.07) is 10.0. The summed E-state index contributed by atoms with van der Waals surface area (Å²) in [6.45, 7) is 4.97. The van der Waals surface area contributed by atoms with E-state index >= 15 is 0 Å². The van der Waals surface area contributed by atoms with E-state index in [9.17, 15) is 4.39 Å². The van der Waals surface area contributed by atoms with Gasteiger partial charge < -0.3 is 24.4 Å². The molecule has 1 fully saturated rings. The minimum atomic E-state index is -0.479. The Kier molecular flexibility index (Phi) is 9.31. The number of hydrogen-bond donors (Lipinski definition) is 1. The molecule has 0 saturated carbocycles. The van der Waals surface area contributed by atoms with Crippen LogP contribution in [0, 0.1) is 5.82 Å². The van der Waals surface area contributed by atoms with Gasteiger partial charge in [-0.25, -0.2) is 4.39 Å². The number of benzene rings is 2. The maximum Gasteiger partial charge on any atom is 0.318 e. The van der Waals surface area contributed by atoms with Crippen molar-refractivity contribution in [2.45, 2.75) is 12.8 Å². The van der Waals surface area contributed by atoms with Crippen LogP contribution in [0.2, 0.25) is 5.02 Å². The van der Waals surface area contributed by atoms with Crippen LogP contribution >= 0.6 is 24.0 Å². The van der Waals surface area contributed by atoms with Gasteiger partial charge in [-0.15, -0.1) is 12.4 Å². The number of ether oxygens (including phenoxy) is 3. The molecule has 0 bridgehead atoms. The third-order valence-corrected chi connectivity index (χ3v) is 5.50. The molecule has 0 spiro atoms. The minimum Gasteiger partial charge on any atom is -0.491 e. The van der Waals surface area contributed by atoms with Gasteiger partial charge in [0.2, 0.25) is 0 Å². The number of methoxy groups -OCH3 is 1. The largest absolute Gasteiger partial charge is 0.491 e. The third kappa shape index (κ3) is 6.80. The van der Waals surface area contributed by atoms with Crippen molar-refractivity contribution in [2.24, 2.45) is 0 Å². The summed E-state index contributed by atoms with van der Waals surface area (Å²) in [5, 5.41) is 4.02. The Balaban J connectivity index is 0.00000306. The summed E-state index contributed by atoms with van der Waals surface area (Å²) in [7, 11) is 1.48. The molecule has 3 aromatic rings. The number of hydrogen-bond acceptors (Lipinski definition) is 7. The second-order valence-corrected chi connectivity index (χ2v) is 7.93. The van der Waals surface area contributed by atoms with Gasteiger partial charge in [-0.3, -0.25) is 0 Å². The molecule has 1 aromatic heterocycles. The van der Waals surface area contributed by atoms with E-state index in [1.165, 1.54) is 39.1 Å². The van der Waals surface area contributed by atoms with E-state index in [2.05, 4.69) is 20.2 Å². The second-order valence-electron chi connectivity index (χ2n) is 7.50. The van der Waals surface area contributed by atoms with Crippen LogP contribution in [0.3, 0.4) is 0 Å². The number of likely N-dealkylation sites (tertiary alicyclic amines) is 1. The monoisotopic (exact) mass is 496 g/mol. The zero-order chi connectivity index (χ0) is 22.3. The van der Waals surface area contributed by atoms with Gasteiger partial charge in [0.15, 0.2) is 0 Å². The molecule has 4 rings (SSSR count). The highest BCUT2D eigenvalue weighted by Crippen LogP contribution is 2.30. The lowest BCUT2D eigenvalue weighted by molar-refractivity contribution is 0.0846. The van der Waals surface area contributed by atoms with Crippen molar-refractivity contribution in [1.29, 1.82) is 0 Å². The average molecular weight is 497 g/mol. The molecule has 0 radical (unpaired) electrons. The fraction of sp³-hybridized carbons (Fsp3) is 0.391. The first-order valence-corrected chi connectivity index (χ1v) is 11.0. The highest BCUT2D eigenvalue weighted by Gasteiger charge is 2.13. The Morgan fingerprint density at radius 2 is 1.88 bits per heavy atom. The van der Waals surface area contributed by atoms with Gasteiger partial charge in [0.25, 0.3) is 0 Å². The van der Waals surface area contributed by atoms with Crippen LogP contribution in [0.5, 0.6) is 11.8 Å². The first-order chi connectivity index (χ1) is 15.6. The van der Waals surface area contributed by atoms with E-state index < -0.39 is 5.82 Å². The lowest BCUT2D eigenvalue weighted by Gasteiger charge is -2.14. The van der Waals surface area contributed by atoms with Crippen LogP contribution < -0.4 is 14.8 Å². The SMILES string of the molecule is COc1nc(Nc2ccc(Cl)cc2F)c2ccc(OCCOCCN3CCCC3)cc2n1.Cl. The Morgan fingerprint density at radius 3 is 2.64 bits per heavy atom. The molecular weight excluding hydrogens is 470 g/mol. The van der Waals surface area contributed by atoms with Crippen LogP contribution in [-0.2, 0) is 4.74 Å². The van der Waals surface area contributed by atoms with Gasteiger partial charge in [0.05, 0.1) is 31.5 Å². The van der Waals surface area contributed by atoms with Crippen LogP contribution in [0.1, 0.15) is 12.8 Å². The lowest BCUT2D eigenvalue weighted by atomic mass is 10.2. The normalized spacial score (nSPS) is 13.7. The smallest absolute Gasteiger partial charge is 0.318 e. The number of nitrogens with one attached hydrogen (secondary N) is 1. The van der Waals surface area contributed by atoms with E-state index in [-0.39, 0.29) is 24.1 Å². The summed E-state index contributed by atoms with van der Waals surface area (Å²) in [4.78, 5) is 11.1. The van der Waals surface area contributed by atoms with E-state index in [1.54, 1.807) is 18.2 Å². The summed E-state index contributed by atoms with van der Waals surface area (Å²) < 4.78 is 31.0. The Hall–Kier alpha value is -2.39. The predicted molar refractivity (Wildman–Crippen MR) is 130 cm³/mol. The molecule has 7 nitrogen and oxygen atoms in total. The van der Waals surface area contributed by atoms with E-state index in [0.29, 0.717) is 47.3 Å². The molecule has 0 aliphatic carbocycles. The van der Waals surface area contributed by atoms with Crippen molar-refractivity contribution in [2.75, 3.05) is 51.9 Å². The number of aromatic nitrogens is 2. The molecule has 1 aliphatic rings. The number of anilines is 2. The van der Waals surface area contributed by atoms with Crippen LogP contribution in [-0.4, -0.2) is 61.4 Å². The van der Waals surface area contributed by atoms with Crippen molar-refractivity contribution >= 4 is 46.4 Å². The highest BCUT2D eigenvalue weighted by atomic mass is 35.5. The molecule has 0 amide bonds. The number of nitrogens with zero attached hydrogens (tertiary/aromatic N) is 3. The van der Waals surface area contributed by atoms with Gasteiger partial charge >= 0.3 is 6.01 Å². The van der Waals surface area contributed by atoms with Crippen molar-refractivity contribution < 1.29 is 18.6 Å². The maximum absolute atomic E-state index is 14.2. The summed E-state index contributed by atoms with van der Waals surface area (Å²) in [5.74, 6) is 0.600. The molecule has 178 valence electrons. The zero-order valence-corrected chi connectivity index (χ0v) is 19.9. The van der Waals surface area contributed by atoms with Crippen LogP contribution in [0.25, 0.3) is 10.9 Å². The van der Waals surface area contributed by atoms with Gasteiger partial charge in [0.1, 0.15) is 24.0 Å². The van der Waals surface area contributed by atoms with Crippen molar-refractivity contribution in [3.05, 3.63) is 47.2 Å². The standard InChI is InChI=1S/C23H26ClFN4O3.ClH/c1-30-23-27-21-15-17(32-13-12-31-11-10-29-8-2-3-9-29)5-6-18(21)22(28-23)26-20-7-4-16(24)14-19(20)25;/h4-7,14-15H,2-3,8-13H2,1H3,(H,26,27,28);1H. The van der Waals surface area contributed by atoms with Gasteiger partial charge in [-0.05, 0) is 56.3 Å². The topological polar surface area (TPSA) is 68.7 Å². The Labute approximate surface area is 203 Å². The first kappa shape index (κ1) is 25.2. The van der Waals surface area contributed by atoms with Crippen LogP contribution in [0.15, 0.2) is 36.4 Å². The quantitative estimate of drug-likeness (QED) is 0.392. The van der Waals surface area contributed by atoms with Gasteiger partial charge in [-0.2, -0.15) is 9.97 Å². The molecule has 2 heterocycles. The van der Waals surface area contributed by atoms with E-state index in [1.807, 2.05) is 12.1 Å². The summed E-state index contributed by atoms with van der Waals surface area (Å²) in [5.41, 5.74) is 0.865. The first-order valence-electron chi connectivity index (χ1n) is 10.6. The van der Waals surface area contributed by atoms with Gasteiger partial charge in [0, 0.05) is 23.0 Å². The molecule has 1 N–H and O–H groups in total. The molecule has 1 saturated heterocycles. The molecule has 10 heteroatoms. The zero-order valence-electron chi connectivity index (χ0n) is 18.4. The fourth-order valence-corrected chi connectivity index (χ4v) is 3.76. The molecule has 33 heavy (non-hydrogen) atoms. The molecule has 0 unspecified atom stereocenters. The predicted octanol–water partition coefficient (Wildman–Crippen LogP) is 5.09. The highest BCUT2D eigenvalue weighted by molar-refractivity contribution is 6.30. The van der Waals surface area contributed by atoms with Crippen molar-refractivity contribution in [1.82, 2.24) is 14.9 Å². The van der Waals surface area contributed by atoms with Crippen molar-refractivity contribution in [3.63, 3.8) is 0 Å². The molecular formula is C23H27Cl2FN4O3.